The van der Waals surface area contributed by atoms with Crippen LogP contribution in [0, 0.1) is 0 Å². The third-order valence-corrected chi connectivity index (χ3v) is 4.39. The van der Waals surface area contributed by atoms with E-state index in [9.17, 15) is 4.79 Å². The van der Waals surface area contributed by atoms with Crippen molar-refractivity contribution < 1.29 is 13.7 Å². The molecule has 0 spiro atoms. The summed E-state index contributed by atoms with van der Waals surface area (Å²) in [4.78, 5) is 20.7. The number of hydrogen-bond acceptors (Lipinski definition) is 6. The fourth-order valence-corrected chi connectivity index (χ4v) is 2.80. The first-order valence-corrected chi connectivity index (χ1v) is 8.33. The van der Waals surface area contributed by atoms with E-state index in [4.69, 9.17) is 8.94 Å². The van der Waals surface area contributed by atoms with Gasteiger partial charge in [0.25, 0.3) is 0 Å². The highest BCUT2D eigenvalue weighted by Crippen LogP contribution is 2.38. The lowest BCUT2D eigenvalue weighted by molar-refractivity contribution is -0.127. The summed E-state index contributed by atoms with van der Waals surface area (Å²) in [5.74, 6) is 2.71. The average Bonchev–Trinajstić information content (AvgIpc) is 3.13. The Morgan fingerprint density at radius 3 is 2.83 bits per heavy atom. The molecule has 2 fully saturated rings. The summed E-state index contributed by atoms with van der Waals surface area (Å²) < 4.78 is 10.5. The van der Waals surface area contributed by atoms with Gasteiger partial charge in [0.1, 0.15) is 5.76 Å². The van der Waals surface area contributed by atoms with Crippen molar-refractivity contribution in [2.75, 3.05) is 26.2 Å². The number of carbonyl (C=O) groups is 1. The third-order valence-electron chi connectivity index (χ3n) is 4.39. The normalized spacial score (nSPS) is 19.2. The van der Waals surface area contributed by atoms with Crippen molar-refractivity contribution in [3.63, 3.8) is 0 Å². The summed E-state index contributed by atoms with van der Waals surface area (Å²) in [7, 11) is 0. The van der Waals surface area contributed by atoms with Crippen LogP contribution in [0.25, 0.3) is 6.08 Å². The maximum absolute atomic E-state index is 12.2. The summed E-state index contributed by atoms with van der Waals surface area (Å²) in [5.41, 5.74) is 0. The summed E-state index contributed by atoms with van der Waals surface area (Å²) in [5, 5.41) is 4.05. The van der Waals surface area contributed by atoms with Gasteiger partial charge in [-0.1, -0.05) is 5.16 Å². The molecule has 2 aromatic rings. The van der Waals surface area contributed by atoms with Crippen molar-refractivity contribution in [1.82, 2.24) is 19.9 Å². The van der Waals surface area contributed by atoms with Gasteiger partial charge in [-0.25, -0.2) is 0 Å². The predicted octanol–water partition coefficient (Wildman–Crippen LogP) is 1.90. The van der Waals surface area contributed by atoms with Gasteiger partial charge >= 0.3 is 0 Å². The van der Waals surface area contributed by atoms with Gasteiger partial charge in [0.2, 0.25) is 11.8 Å². The molecule has 1 saturated carbocycles. The van der Waals surface area contributed by atoms with E-state index in [1.54, 1.807) is 24.5 Å². The van der Waals surface area contributed by atoms with Gasteiger partial charge in [0, 0.05) is 38.2 Å². The Bertz CT molecular complexity index is 710. The molecule has 4 rings (SSSR count). The fourth-order valence-electron chi connectivity index (χ4n) is 2.80. The standard InChI is InChI=1S/C17H20N4O3/c22-16(6-5-14-2-1-11-23-14)21-9-7-20(8-10-21)12-15-18-17(24-19-15)13-3-4-13/h1-2,5-6,11,13H,3-4,7-10,12H2/b6-5+. The van der Waals surface area contributed by atoms with Crippen molar-refractivity contribution in [1.29, 1.82) is 0 Å². The van der Waals surface area contributed by atoms with E-state index in [2.05, 4.69) is 15.0 Å². The predicted molar refractivity (Wildman–Crippen MR) is 85.9 cm³/mol. The Labute approximate surface area is 139 Å². The maximum Gasteiger partial charge on any atom is 0.246 e. The number of aromatic nitrogens is 2. The zero-order chi connectivity index (χ0) is 16.4. The number of furan rings is 1. The van der Waals surface area contributed by atoms with Gasteiger partial charge in [-0.05, 0) is 31.1 Å². The molecule has 7 heteroatoms. The summed E-state index contributed by atoms with van der Waals surface area (Å²) in [6, 6.07) is 3.62. The Balaban J connectivity index is 1.25. The topological polar surface area (TPSA) is 75.6 Å². The molecule has 2 aromatic heterocycles. The Morgan fingerprint density at radius 1 is 1.29 bits per heavy atom. The highest BCUT2D eigenvalue weighted by molar-refractivity contribution is 5.91. The van der Waals surface area contributed by atoms with E-state index in [1.807, 2.05) is 11.0 Å². The van der Waals surface area contributed by atoms with Gasteiger partial charge in [0.15, 0.2) is 5.82 Å². The van der Waals surface area contributed by atoms with Crippen LogP contribution in [-0.4, -0.2) is 52.0 Å². The molecule has 7 nitrogen and oxygen atoms in total. The molecule has 1 aliphatic heterocycles. The zero-order valence-electron chi connectivity index (χ0n) is 13.4. The maximum atomic E-state index is 12.2. The molecule has 126 valence electrons. The minimum atomic E-state index is 0.0154. The highest BCUT2D eigenvalue weighted by Gasteiger charge is 2.30. The average molecular weight is 328 g/mol. The van der Waals surface area contributed by atoms with Crippen molar-refractivity contribution in [3.8, 4) is 0 Å². The first kappa shape index (κ1) is 15.1. The molecule has 1 aliphatic carbocycles. The lowest BCUT2D eigenvalue weighted by Crippen LogP contribution is -2.47. The monoisotopic (exact) mass is 328 g/mol. The SMILES string of the molecule is O=C(/C=C/c1ccco1)N1CCN(Cc2noc(C3CC3)n2)CC1. The van der Waals surface area contributed by atoms with Crippen LogP contribution >= 0.6 is 0 Å². The van der Waals surface area contributed by atoms with Crippen molar-refractivity contribution >= 4 is 12.0 Å². The second-order valence-electron chi connectivity index (χ2n) is 6.27. The molecule has 1 amide bonds. The summed E-state index contributed by atoms with van der Waals surface area (Å²) >= 11 is 0. The van der Waals surface area contributed by atoms with E-state index in [0.717, 1.165) is 37.6 Å². The number of amides is 1. The molecule has 3 heterocycles. The molecule has 0 bridgehead atoms. The van der Waals surface area contributed by atoms with Crippen molar-refractivity contribution in [2.45, 2.75) is 25.3 Å². The Kier molecular flexibility index (Phi) is 4.17. The first-order valence-electron chi connectivity index (χ1n) is 8.33. The second-order valence-corrected chi connectivity index (χ2v) is 6.27. The van der Waals surface area contributed by atoms with E-state index in [-0.39, 0.29) is 5.91 Å². The zero-order valence-corrected chi connectivity index (χ0v) is 13.4. The van der Waals surface area contributed by atoms with Crippen LogP contribution in [0.2, 0.25) is 0 Å². The van der Waals surface area contributed by atoms with Gasteiger partial charge in [0.05, 0.1) is 12.8 Å². The van der Waals surface area contributed by atoms with Crippen LogP contribution in [0.5, 0.6) is 0 Å². The number of nitrogens with zero attached hydrogens (tertiary/aromatic N) is 4. The third kappa shape index (κ3) is 3.56. The van der Waals surface area contributed by atoms with Crippen molar-refractivity contribution in [3.05, 3.63) is 41.9 Å². The highest BCUT2D eigenvalue weighted by atomic mass is 16.5. The van der Waals surface area contributed by atoms with Gasteiger partial charge < -0.3 is 13.8 Å². The largest absolute Gasteiger partial charge is 0.465 e. The van der Waals surface area contributed by atoms with Crippen LogP contribution in [0.1, 0.15) is 36.2 Å². The van der Waals surface area contributed by atoms with Crippen molar-refractivity contribution in [2.24, 2.45) is 0 Å². The Morgan fingerprint density at radius 2 is 2.12 bits per heavy atom. The quantitative estimate of drug-likeness (QED) is 0.780. The smallest absolute Gasteiger partial charge is 0.246 e. The van der Waals surface area contributed by atoms with E-state index in [0.29, 0.717) is 31.3 Å². The van der Waals surface area contributed by atoms with Gasteiger partial charge in [-0.15, -0.1) is 0 Å². The minimum absolute atomic E-state index is 0.0154. The number of hydrogen-bond donors (Lipinski definition) is 0. The van der Waals surface area contributed by atoms with Crippen LogP contribution in [-0.2, 0) is 11.3 Å². The van der Waals surface area contributed by atoms with Crippen LogP contribution < -0.4 is 0 Å². The first-order chi connectivity index (χ1) is 11.8. The van der Waals surface area contributed by atoms with Gasteiger partial charge in [-0.2, -0.15) is 4.98 Å². The summed E-state index contributed by atoms with van der Waals surface area (Å²) in [6.45, 7) is 3.71. The van der Waals surface area contributed by atoms with E-state index in [1.165, 1.54) is 0 Å². The van der Waals surface area contributed by atoms with E-state index < -0.39 is 0 Å². The lowest BCUT2D eigenvalue weighted by Gasteiger charge is -2.33. The van der Waals surface area contributed by atoms with E-state index >= 15 is 0 Å². The molecule has 1 saturated heterocycles. The fraction of sp³-hybridized carbons (Fsp3) is 0.471. The molecule has 24 heavy (non-hydrogen) atoms. The number of rotatable bonds is 5. The molecular formula is C17H20N4O3. The molecule has 0 radical (unpaired) electrons. The van der Waals surface area contributed by atoms with Crippen LogP contribution in [0.4, 0.5) is 0 Å². The van der Waals surface area contributed by atoms with Crippen LogP contribution in [0.15, 0.2) is 33.4 Å². The molecular weight excluding hydrogens is 308 g/mol. The molecule has 0 aromatic carbocycles. The molecule has 0 N–H and O–H groups in total. The lowest BCUT2D eigenvalue weighted by atomic mass is 10.3. The molecule has 0 unspecified atom stereocenters. The molecule has 2 aliphatic rings. The van der Waals surface area contributed by atoms with Gasteiger partial charge in [-0.3, -0.25) is 9.69 Å². The molecule has 0 atom stereocenters. The number of piperazine rings is 1. The number of carbonyl (C=O) groups excluding carboxylic acids is 1. The summed E-state index contributed by atoms with van der Waals surface area (Å²) in [6.07, 6.45) is 7.18. The second kappa shape index (κ2) is 6.60. The minimum Gasteiger partial charge on any atom is -0.465 e. The Hall–Kier alpha value is -2.41. The van der Waals surface area contributed by atoms with Crippen LogP contribution in [0.3, 0.4) is 0 Å².